The fourth-order valence-corrected chi connectivity index (χ4v) is 2.44. The molecule has 25 heavy (non-hydrogen) atoms. The number of halogens is 3. The van der Waals surface area contributed by atoms with Gasteiger partial charge < -0.3 is 15.8 Å². The molecular formula is C17H21Cl2IN4O. The van der Waals surface area contributed by atoms with E-state index < -0.39 is 0 Å². The summed E-state index contributed by atoms with van der Waals surface area (Å²) < 4.78 is 5.54. The average molecular weight is 495 g/mol. The number of benzene rings is 1. The van der Waals surface area contributed by atoms with E-state index in [1.807, 2.05) is 24.3 Å². The predicted molar refractivity (Wildman–Crippen MR) is 114 cm³/mol. The molecule has 1 aromatic heterocycles. The van der Waals surface area contributed by atoms with E-state index in [-0.39, 0.29) is 24.0 Å². The second kappa shape index (κ2) is 12.3. The molecule has 0 bridgehead atoms. The Balaban J connectivity index is 0.00000312. The lowest BCUT2D eigenvalue weighted by Gasteiger charge is -2.07. The number of guanidine groups is 1. The first-order chi connectivity index (χ1) is 11.6. The third-order valence-corrected chi connectivity index (χ3v) is 3.79. The van der Waals surface area contributed by atoms with Gasteiger partial charge in [-0.05, 0) is 29.8 Å². The highest BCUT2D eigenvalue weighted by molar-refractivity contribution is 14.0. The van der Waals surface area contributed by atoms with Crippen molar-refractivity contribution in [3.8, 4) is 0 Å². The van der Waals surface area contributed by atoms with Crippen molar-refractivity contribution in [2.75, 3.05) is 19.7 Å². The fraction of sp³-hybridized carbons (Fsp3) is 0.294. The summed E-state index contributed by atoms with van der Waals surface area (Å²) in [6, 6.07) is 11.2. The van der Waals surface area contributed by atoms with Gasteiger partial charge in [-0.25, -0.2) is 0 Å². The maximum absolute atomic E-state index is 6.07. The minimum absolute atomic E-state index is 0. The van der Waals surface area contributed by atoms with Gasteiger partial charge in [0, 0.05) is 34.9 Å². The number of rotatable bonds is 8. The van der Waals surface area contributed by atoms with E-state index in [9.17, 15) is 0 Å². The zero-order valence-corrected chi connectivity index (χ0v) is 17.5. The van der Waals surface area contributed by atoms with Crippen molar-refractivity contribution in [3.63, 3.8) is 0 Å². The number of aliphatic imine (C=N–C) groups is 1. The minimum atomic E-state index is 0. The normalized spacial score (nSPS) is 11.0. The molecule has 136 valence electrons. The molecule has 1 aromatic carbocycles. The summed E-state index contributed by atoms with van der Waals surface area (Å²) in [6.07, 6.45) is 2.57. The number of pyridine rings is 1. The molecule has 2 aromatic rings. The van der Waals surface area contributed by atoms with Gasteiger partial charge in [-0.2, -0.15) is 0 Å². The second-order valence-electron chi connectivity index (χ2n) is 5.05. The lowest BCUT2D eigenvalue weighted by Crippen LogP contribution is -2.33. The Morgan fingerprint density at radius 1 is 1.24 bits per heavy atom. The minimum Gasteiger partial charge on any atom is -0.375 e. The number of aromatic nitrogens is 1. The SMILES string of the molecule is I.NC(=NCCOCc1ccc(Cl)cc1Cl)NCCc1ccccn1. The van der Waals surface area contributed by atoms with Gasteiger partial charge in [-0.15, -0.1) is 24.0 Å². The van der Waals surface area contributed by atoms with Crippen molar-refractivity contribution in [3.05, 3.63) is 63.9 Å². The van der Waals surface area contributed by atoms with E-state index >= 15 is 0 Å². The van der Waals surface area contributed by atoms with Crippen molar-refractivity contribution < 1.29 is 4.74 Å². The molecule has 0 unspecified atom stereocenters. The first kappa shape index (κ1) is 22.0. The van der Waals surface area contributed by atoms with Crippen LogP contribution in [0, 0.1) is 0 Å². The molecule has 0 saturated heterocycles. The van der Waals surface area contributed by atoms with Crippen LogP contribution in [0.4, 0.5) is 0 Å². The molecule has 0 saturated carbocycles. The van der Waals surface area contributed by atoms with Crippen LogP contribution in [0.1, 0.15) is 11.3 Å². The molecule has 5 nitrogen and oxygen atoms in total. The molecule has 0 amide bonds. The fourth-order valence-electron chi connectivity index (χ4n) is 1.97. The van der Waals surface area contributed by atoms with E-state index in [2.05, 4.69) is 15.3 Å². The predicted octanol–water partition coefficient (Wildman–Crippen LogP) is 3.67. The third-order valence-electron chi connectivity index (χ3n) is 3.20. The standard InChI is InChI=1S/C17H20Cl2N4O.HI/c18-14-5-4-13(16(19)11-14)12-24-10-9-23-17(20)22-8-6-15-3-1-2-7-21-15;/h1-5,7,11H,6,8-10,12H2,(H3,20,22,23);1H. The van der Waals surface area contributed by atoms with E-state index in [1.165, 1.54) is 0 Å². The Bertz CT molecular complexity index is 671. The maximum atomic E-state index is 6.07. The number of hydrogen-bond acceptors (Lipinski definition) is 3. The largest absolute Gasteiger partial charge is 0.375 e. The Labute approximate surface area is 175 Å². The van der Waals surface area contributed by atoms with Gasteiger partial charge in [0.1, 0.15) is 0 Å². The summed E-state index contributed by atoms with van der Waals surface area (Å²) in [5, 5.41) is 4.26. The van der Waals surface area contributed by atoms with Gasteiger partial charge in [-0.1, -0.05) is 35.3 Å². The highest BCUT2D eigenvalue weighted by Crippen LogP contribution is 2.21. The molecule has 0 spiro atoms. The van der Waals surface area contributed by atoms with Crippen molar-refractivity contribution in [1.29, 1.82) is 0 Å². The van der Waals surface area contributed by atoms with Crippen LogP contribution in [-0.4, -0.2) is 30.6 Å². The van der Waals surface area contributed by atoms with Crippen LogP contribution in [0.25, 0.3) is 0 Å². The van der Waals surface area contributed by atoms with Crippen LogP contribution in [0.3, 0.4) is 0 Å². The molecule has 0 radical (unpaired) electrons. The zero-order chi connectivity index (χ0) is 17.2. The van der Waals surface area contributed by atoms with Crippen LogP contribution in [0.15, 0.2) is 47.6 Å². The van der Waals surface area contributed by atoms with Gasteiger partial charge in [0.15, 0.2) is 5.96 Å². The van der Waals surface area contributed by atoms with Crippen molar-refractivity contribution in [2.24, 2.45) is 10.7 Å². The van der Waals surface area contributed by atoms with Crippen LogP contribution >= 0.6 is 47.2 Å². The topological polar surface area (TPSA) is 72.5 Å². The van der Waals surface area contributed by atoms with Gasteiger partial charge in [0.2, 0.25) is 0 Å². The van der Waals surface area contributed by atoms with Gasteiger partial charge in [-0.3, -0.25) is 9.98 Å². The first-order valence-electron chi connectivity index (χ1n) is 7.60. The first-order valence-corrected chi connectivity index (χ1v) is 8.36. The lowest BCUT2D eigenvalue weighted by atomic mass is 10.2. The molecule has 8 heteroatoms. The Hall–Kier alpha value is -1.09. The Morgan fingerprint density at radius 2 is 2.08 bits per heavy atom. The molecule has 3 N–H and O–H groups in total. The van der Waals surface area contributed by atoms with Gasteiger partial charge >= 0.3 is 0 Å². The number of nitrogens with one attached hydrogen (secondary N) is 1. The monoisotopic (exact) mass is 494 g/mol. The van der Waals surface area contributed by atoms with E-state index in [0.29, 0.717) is 42.3 Å². The highest BCUT2D eigenvalue weighted by atomic mass is 127. The molecule has 0 fully saturated rings. The van der Waals surface area contributed by atoms with Crippen LogP contribution in [0.2, 0.25) is 10.0 Å². The van der Waals surface area contributed by atoms with Crippen LogP contribution in [0.5, 0.6) is 0 Å². The number of hydrogen-bond donors (Lipinski definition) is 2. The van der Waals surface area contributed by atoms with Gasteiger partial charge in [0.05, 0.1) is 19.8 Å². The number of nitrogens with zero attached hydrogens (tertiary/aromatic N) is 2. The molecule has 2 rings (SSSR count). The lowest BCUT2D eigenvalue weighted by molar-refractivity contribution is 0.128. The molecular weight excluding hydrogens is 474 g/mol. The summed E-state index contributed by atoms with van der Waals surface area (Å²) in [4.78, 5) is 8.45. The summed E-state index contributed by atoms with van der Waals surface area (Å²) in [7, 11) is 0. The molecule has 1 heterocycles. The summed E-state index contributed by atoms with van der Waals surface area (Å²) in [5.41, 5.74) is 7.71. The van der Waals surface area contributed by atoms with Crippen LogP contribution in [-0.2, 0) is 17.8 Å². The molecule has 0 aliphatic rings. The summed E-state index contributed by atoms with van der Waals surface area (Å²) >= 11 is 11.9. The summed E-state index contributed by atoms with van der Waals surface area (Å²) in [5.74, 6) is 0.402. The van der Waals surface area contributed by atoms with E-state index in [4.69, 9.17) is 33.7 Å². The van der Waals surface area contributed by atoms with Crippen molar-refractivity contribution >= 4 is 53.1 Å². The smallest absolute Gasteiger partial charge is 0.188 e. The van der Waals surface area contributed by atoms with Crippen molar-refractivity contribution in [2.45, 2.75) is 13.0 Å². The third kappa shape index (κ3) is 8.71. The highest BCUT2D eigenvalue weighted by Gasteiger charge is 2.01. The van der Waals surface area contributed by atoms with Gasteiger partial charge in [0.25, 0.3) is 0 Å². The van der Waals surface area contributed by atoms with Crippen molar-refractivity contribution in [1.82, 2.24) is 10.3 Å². The van der Waals surface area contributed by atoms with Crippen LogP contribution < -0.4 is 11.1 Å². The van der Waals surface area contributed by atoms with E-state index in [0.717, 1.165) is 17.7 Å². The molecule has 0 atom stereocenters. The number of ether oxygens (including phenoxy) is 1. The second-order valence-corrected chi connectivity index (χ2v) is 5.90. The average Bonchev–Trinajstić information content (AvgIpc) is 2.57. The zero-order valence-electron chi connectivity index (χ0n) is 13.6. The summed E-state index contributed by atoms with van der Waals surface area (Å²) in [6.45, 7) is 2.04. The molecule has 0 aliphatic carbocycles. The van der Waals surface area contributed by atoms with E-state index in [1.54, 1.807) is 18.3 Å². The molecule has 0 aliphatic heterocycles. The Kier molecular flexibility index (Phi) is 10.8. The maximum Gasteiger partial charge on any atom is 0.188 e. The quantitative estimate of drug-likeness (QED) is 0.254. The Morgan fingerprint density at radius 3 is 2.80 bits per heavy atom. The number of nitrogens with two attached hydrogens (primary N) is 1.